The second kappa shape index (κ2) is 4.51. The second-order valence-corrected chi connectivity index (χ2v) is 4.77. The number of rotatable bonds is 3. The van der Waals surface area contributed by atoms with Crippen molar-refractivity contribution < 1.29 is 4.52 Å². The van der Waals surface area contributed by atoms with Crippen LogP contribution in [0.15, 0.2) is 4.52 Å². The van der Waals surface area contributed by atoms with E-state index in [9.17, 15) is 0 Å². The smallest absolute Gasteiger partial charge is 0.244 e. The van der Waals surface area contributed by atoms with Crippen LogP contribution in [-0.2, 0) is 0 Å². The van der Waals surface area contributed by atoms with Gasteiger partial charge in [0.25, 0.3) is 0 Å². The van der Waals surface area contributed by atoms with Crippen LogP contribution in [0.4, 0.5) is 0 Å². The maximum atomic E-state index is 5.72. The Kier molecular flexibility index (Phi) is 3.25. The monoisotopic (exact) mass is 224 g/mol. The largest absolute Gasteiger partial charge is 0.338 e. The zero-order valence-corrected chi connectivity index (χ0v) is 10.2. The van der Waals surface area contributed by atoms with Crippen molar-refractivity contribution in [3.63, 3.8) is 0 Å². The second-order valence-electron chi connectivity index (χ2n) is 4.77. The van der Waals surface area contributed by atoms with Gasteiger partial charge in [-0.15, -0.1) is 0 Å². The van der Waals surface area contributed by atoms with E-state index in [0.717, 1.165) is 18.9 Å². The van der Waals surface area contributed by atoms with Crippen LogP contribution >= 0.6 is 0 Å². The molecule has 1 aromatic heterocycles. The topological polar surface area (TPSA) is 68.2 Å². The summed E-state index contributed by atoms with van der Waals surface area (Å²) < 4.78 is 5.31. The van der Waals surface area contributed by atoms with Gasteiger partial charge in [-0.1, -0.05) is 5.16 Å². The molecule has 0 aliphatic carbocycles. The molecule has 2 rings (SSSR count). The third-order valence-corrected chi connectivity index (χ3v) is 3.11. The molecule has 0 saturated carbocycles. The minimum absolute atomic E-state index is 0.161. The van der Waals surface area contributed by atoms with Gasteiger partial charge in [0, 0.05) is 6.04 Å². The standard InChI is InChI=1S/C11H20N4O/c1-7(2)15-6-4-5-9(15)11-13-10(8(3)12)14-16-11/h7-9H,4-6,12H2,1-3H3. The Morgan fingerprint density at radius 3 is 2.75 bits per heavy atom. The summed E-state index contributed by atoms with van der Waals surface area (Å²) in [5.41, 5.74) is 5.72. The summed E-state index contributed by atoms with van der Waals surface area (Å²) in [5, 5.41) is 3.92. The van der Waals surface area contributed by atoms with E-state index in [0.29, 0.717) is 11.9 Å². The van der Waals surface area contributed by atoms with Gasteiger partial charge in [0.15, 0.2) is 5.82 Å². The van der Waals surface area contributed by atoms with Crippen LogP contribution in [0.1, 0.15) is 57.4 Å². The number of hydrogen-bond donors (Lipinski definition) is 1. The first-order chi connectivity index (χ1) is 7.59. The molecule has 90 valence electrons. The molecule has 1 aliphatic rings. The molecule has 1 saturated heterocycles. The fourth-order valence-corrected chi connectivity index (χ4v) is 2.24. The van der Waals surface area contributed by atoms with Crippen molar-refractivity contribution in [2.24, 2.45) is 5.73 Å². The molecule has 2 atom stereocenters. The molecular weight excluding hydrogens is 204 g/mol. The van der Waals surface area contributed by atoms with Gasteiger partial charge in [0.1, 0.15) is 0 Å². The third kappa shape index (κ3) is 2.10. The Bertz CT molecular complexity index is 348. The predicted molar refractivity (Wildman–Crippen MR) is 60.7 cm³/mol. The summed E-state index contributed by atoms with van der Waals surface area (Å²) >= 11 is 0. The van der Waals surface area contributed by atoms with Gasteiger partial charge in [0.2, 0.25) is 5.89 Å². The van der Waals surface area contributed by atoms with Crippen molar-refractivity contribution in [3.05, 3.63) is 11.7 Å². The molecule has 1 aromatic rings. The first-order valence-electron chi connectivity index (χ1n) is 5.94. The minimum Gasteiger partial charge on any atom is -0.338 e. The molecule has 1 fully saturated rings. The quantitative estimate of drug-likeness (QED) is 0.845. The van der Waals surface area contributed by atoms with Crippen LogP contribution < -0.4 is 5.73 Å². The van der Waals surface area contributed by atoms with Gasteiger partial charge in [-0.3, -0.25) is 4.90 Å². The molecule has 2 heterocycles. The molecule has 2 unspecified atom stereocenters. The number of nitrogens with zero attached hydrogens (tertiary/aromatic N) is 3. The van der Waals surface area contributed by atoms with Crippen LogP contribution in [-0.4, -0.2) is 27.6 Å². The lowest BCUT2D eigenvalue weighted by molar-refractivity contribution is 0.170. The summed E-state index contributed by atoms with van der Waals surface area (Å²) in [4.78, 5) is 6.78. The summed E-state index contributed by atoms with van der Waals surface area (Å²) in [6.07, 6.45) is 2.29. The Balaban J connectivity index is 2.16. The maximum absolute atomic E-state index is 5.72. The predicted octanol–water partition coefficient (Wildman–Crippen LogP) is 1.63. The lowest BCUT2D eigenvalue weighted by Crippen LogP contribution is -2.30. The number of likely N-dealkylation sites (tertiary alicyclic amines) is 1. The molecule has 5 heteroatoms. The molecule has 0 radical (unpaired) electrons. The van der Waals surface area contributed by atoms with Gasteiger partial charge >= 0.3 is 0 Å². The van der Waals surface area contributed by atoms with Crippen LogP contribution in [0, 0.1) is 0 Å². The molecule has 5 nitrogen and oxygen atoms in total. The van der Waals surface area contributed by atoms with Crippen LogP contribution in [0.5, 0.6) is 0 Å². The van der Waals surface area contributed by atoms with E-state index in [1.807, 2.05) is 6.92 Å². The molecule has 0 aromatic carbocycles. The van der Waals surface area contributed by atoms with Crippen LogP contribution in [0.2, 0.25) is 0 Å². The molecule has 16 heavy (non-hydrogen) atoms. The molecule has 1 aliphatic heterocycles. The Morgan fingerprint density at radius 2 is 2.19 bits per heavy atom. The molecular formula is C11H20N4O. The van der Waals surface area contributed by atoms with Crippen LogP contribution in [0.3, 0.4) is 0 Å². The van der Waals surface area contributed by atoms with Gasteiger partial charge in [-0.25, -0.2) is 0 Å². The van der Waals surface area contributed by atoms with E-state index < -0.39 is 0 Å². The van der Waals surface area contributed by atoms with Crippen molar-refractivity contribution in [1.82, 2.24) is 15.0 Å². The van der Waals surface area contributed by atoms with Crippen molar-refractivity contribution in [3.8, 4) is 0 Å². The van der Waals surface area contributed by atoms with Crippen molar-refractivity contribution in [1.29, 1.82) is 0 Å². The molecule has 0 bridgehead atoms. The average molecular weight is 224 g/mol. The van der Waals surface area contributed by atoms with E-state index in [4.69, 9.17) is 10.3 Å². The summed E-state index contributed by atoms with van der Waals surface area (Å²) in [5.74, 6) is 1.32. The van der Waals surface area contributed by atoms with Crippen molar-refractivity contribution in [2.75, 3.05) is 6.54 Å². The first-order valence-corrected chi connectivity index (χ1v) is 5.94. The number of hydrogen-bond acceptors (Lipinski definition) is 5. The normalized spacial score (nSPS) is 24.2. The van der Waals surface area contributed by atoms with Gasteiger partial charge < -0.3 is 10.3 Å². The molecule has 2 N–H and O–H groups in total. The van der Waals surface area contributed by atoms with Crippen LogP contribution in [0.25, 0.3) is 0 Å². The highest BCUT2D eigenvalue weighted by molar-refractivity contribution is 4.99. The highest BCUT2D eigenvalue weighted by atomic mass is 16.5. The van der Waals surface area contributed by atoms with Crippen molar-refractivity contribution in [2.45, 2.75) is 51.7 Å². The first kappa shape index (κ1) is 11.5. The Morgan fingerprint density at radius 1 is 1.44 bits per heavy atom. The van der Waals surface area contributed by atoms with E-state index >= 15 is 0 Å². The third-order valence-electron chi connectivity index (χ3n) is 3.11. The minimum atomic E-state index is -0.161. The summed E-state index contributed by atoms with van der Waals surface area (Å²) in [6, 6.07) is 0.629. The molecule has 0 amide bonds. The lowest BCUT2D eigenvalue weighted by Gasteiger charge is -2.25. The van der Waals surface area contributed by atoms with Crippen molar-refractivity contribution >= 4 is 0 Å². The SMILES string of the molecule is CC(N)c1noc(C2CCCN2C(C)C)n1. The van der Waals surface area contributed by atoms with E-state index in [2.05, 4.69) is 28.9 Å². The Labute approximate surface area is 96.0 Å². The van der Waals surface area contributed by atoms with Gasteiger partial charge in [0.05, 0.1) is 12.1 Å². The van der Waals surface area contributed by atoms with Gasteiger partial charge in [-0.2, -0.15) is 4.98 Å². The lowest BCUT2D eigenvalue weighted by atomic mass is 10.2. The summed E-state index contributed by atoms with van der Waals surface area (Å²) in [6.45, 7) is 7.37. The zero-order chi connectivity index (χ0) is 11.7. The molecule has 0 spiro atoms. The highest BCUT2D eigenvalue weighted by Crippen LogP contribution is 2.32. The Hall–Kier alpha value is -0.940. The zero-order valence-electron chi connectivity index (χ0n) is 10.2. The van der Waals surface area contributed by atoms with E-state index in [1.165, 1.54) is 6.42 Å². The fraction of sp³-hybridized carbons (Fsp3) is 0.818. The maximum Gasteiger partial charge on any atom is 0.244 e. The number of aromatic nitrogens is 2. The van der Waals surface area contributed by atoms with E-state index in [-0.39, 0.29) is 12.1 Å². The average Bonchev–Trinajstić information content (AvgIpc) is 2.86. The number of nitrogens with two attached hydrogens (primary N) is 1. The fourth-order valence-electron chi connectivity index (χ4n) is 2.24. The summed E-state index contributed by atoms with van der Waals surface area (Å²) in [7, 11) is 0. The highest BCUT2D eigenvalue weighted by Gasteiger charge is 2.32. The van der Waals surface area contributed by atoms with E-state index in [1.54, 1.807) is 0 Å². The van der Waals surface area contributed by atoms with Gasteiger partial charge in [-0.05, 0) is 40.2 Å².